The lowest BCUT2D eigenvalue weighted by Gasteiger charge is -2.35. The summed E-state index contributed by atoms with van der Waals surface area (Å²) in [6.07, 6.45) is -3.99. The van der Waals surface area contributed by atoms with E-state index in [1.165, 1.54) is 16.4 Å². The number of rotatable bonds is 5. The van der Waals surface area contributed by atoms with Gasteiger partial charge in [0.1, 0.15) is 5.82 Å². The van der Waals surface area contributed by atoms with Gasteiger partial charge in [-0.15, -0.1) is 0 Å². The van der Waals surface area contributed by atoms with E-state index in [-0.39, 0.29) is 37.5 Å². The lowest BCUT2D eigenvalue weighted by molar-refractivity contribution is -0.138. The molecule has 7 nitrogen and oxygen atoms in total. The zero-order valence-corrected chi connectivity index (χ0v) is 16.9. The lowest BCUT2D eigenvalue weighted by atomic mass is 10.1. The molecule has 1 aromatic carbocycles. The van der Waals surface area contributed by atoms with Crippen molar-refractivity contribution >= 4 is 21.8 Å². The highest BCUT2D eigenvalue weighted by Gasteiger charge is 2.32. The molecule has 2 aromatic rings. The summed E-state index contributed by atoms with van der Waals surface area (Å²) in [6.45, 7) is 2.44. The summed E-state index contributed by atoms with van der Waals surface area (Å²) in [7, 11) is -3.84. The Morgan fingerprint density at radius 3 is 2.33 bits per heavy atom. The number of anilines is 1. The minimum atomic E-state index is -4.47. The maximum absolute atomic E-state index is 13.1. The van der Waals surface area contributed by atoms with Crippen LogP contribution in [0.2, 0.25) is 0 Å². The van der Waals surface area contributed by atoms with Gasteiger partial charge in [-0.3, -0.25) is 4.79 Å². The van der Waals surface area contributed by atoms with Gasteiger partial charge in [0.2, 0.25) is 10.0 Å². The van der Waals surface area contributed by atoms with Gasteiger partial charge in [0.05, 0.1) is 16.9 Å². The molecule has 1 N–H and O–H groups in total. The highest BCUT2D eigenvalue weighted by Crippen LogP contribution is 2.30. The Morgan fingerprint density at radius 2 is 1.80 bits per heavy atom. The molecule has 1 aliphatic heterocycles. The van der Waals surface area contributed by atoms with Crippen LogP contribution in [0.3, 0.4) is 0 Å². The summed E-state index contributed by atoms with van der Waals surface area (Å²) < 4.78 is 65.4. The predicted octanol–water partition coefficient (Wildman–Crippen LogP) is 2.55. The number of carbonyl (C=O) groups is 1. The normalized spacial score (nSPS) is 15.9. The molecule has 0 bridgehead atoms. The second-order valence-electron chi connectivity index (χ2n) is 6.96. The number of pyridine rings is 1. The van der Waals surface area contributed by atoms with Crippen LogP contribution in [-0.4, -0.2) is 55.0 Å². The molecule has 0 aliphatic carbocycles. The van der Waals surface area contributed by atoms with Crippen molar-refractivity contribution in [2.75, 3.05) is 31.1 Å². The van der Waals surface area contributed by atoms with Gasteiger partial charge in [-0.25, -0.2) is 13.4 Å². The average Bonchev–Trinajstić information content (AvgIpc) is 2.68. The molecule has 11 heteroatoms. The van der Waals surface area contributed by atoms with Crippen LogP contribution in [-0.2, 0) is 27.4 Å². The third kappa shape index (κ3) is 4.73. The highest BCUT2D eigenvalue weighted by molar-refractivity contribution is 7.89. The minimum Gasteiger partial charge on any atom is -0.481 e. The van der Waals surface area contributed by atoms with Crippen molar-refractivity contribution in [3.05, 3.63) is 53.2 Å². The summed E-state index contributed by atoms with van der Waals surface area (Å²) >= 11 is 0. The lowest BCUT2D eigenvalue weighted by Crippen LogP contribution is -2.49. The molecule has 2 heterocycles. The molecular formula is C19H20F3N3O4S. The number of carboxylic acid groups (broad SMARTS) is 1. The molecule has 1 fully saturated rings. The number of hydrogen-bond acceptors (Lipinski definition) is 5. The Labute approximate surface area is 171 Å². The predicted molar refractivity (Wildman–Crippen MR) is 103 cm³/mol. The van der Waals surface area contributed by atoms with E-state index in [9.17, 15) is 26.4 Å². The summed E-state index contributed by atoms with van der Waals surface area (Å²) in [5, 5.41) is 8.94. The van der Waals surface area contributed by atoms with E-state index in [0.717, 1.165) is 12.3 Å². The number of sulfonamides is 1. The Kier molecular flexibility index (Phi) is 6.04. The van der Waals surface area contributed by atoms with E-state index in [2.05, 4.69) is 4.98 Å². The van der Waals surface area contributed by atoms with E-state index < -0.39 is 27.7 Å². The van der Waals surface area contributed by atoms with Crippen molar-refractivity contribution < 1.29 is 31.5 Å². The van der Waals surface area contributed by atoms with Crippen LogP contribution in [0, 0.1) is 6.92 Å². The van der Waals surface area contributed by atoms with E-state index >= 15 is 0 Å². The summed E-state index contributed by atoms with van der Waals surface area (Å²) in [4.78, 5) is 16.6. The third-order valence-corrected chi connectivity index (χ3v) is 6.90. The SMILES string of the molecule is Cc1ccc(CC(=O)O)cc1S(=O)(=O)N1CCN(c2ccc(C(F)(F)F)cn2)CC1. The number of piperazine rings is 1. The van der Waals surface area contributed by atoms with Crippen LogP contribution in [0.4, 0.5) is 19.0 Å². The van der Waals surface area contributed by atoms with Gasteiger partial charge in [-0.05, 0) is 36.2 Å². The minimum absolute atomic E-state index is 0.0577. The molecular weight excluding hydrogens is 423 g/mol. The number of halogens is 3. The number of aliphatic carboxylic acids is 1. The topological polar surface area (TPSA) is 90.8 Å². The van der Waals surface area contributed by atoms with E-state index in [4.69, 9.17) is 5.11 Å². The molecule has 0 saturated carbocycles. The number of benzene rings is 1. The standard InChI is InChI=1S/C19H20F3N3O4S/c1-13-2-3-14(11-18(26)27)10-16(13)30(28,29)25-8-6-24(7-9-25)17-5-4-15(12-23-17)19(20,21)22/h2-5,10,12H,6-9,11H2,1H3,(H,26,27). The largest absolute Gasteiger partial charge is 0.481 e. The Balaban J connectivity index is 1.73. The van der Waals surface area contributed by atoms with Crippen LogP contribution in [0.1, 0.15) is 16.7 Å². The number of nitrogens with zero attached hydrogens (tertiary/aromatic N) is 3. The zero-order chi connectivity index (χ0) is 22.1. The van der Waals surface area contributed by atoms with Crippen LogP contribution in [0.25, 0.3) is 0 Å². The fraction of sp³-hybridized carbons (Fsp3) is 0.368. The maximum atomic E-state index is 13.1. The summed E-state index contributed by atoms with van der Waals surface area (Å²) in [5.74, 6) is -0.709. The number of alkyl halides is 3. The first-order valence-corrected chi connectivity index (χ1v) is 10.5. The second-order valence-corrected chi connectivity index (χ2v) is 8.87. The number of hydrogen-bond donors (Lipinski definition) is 1. The fourth-order valence-corrected chi connectivity index (χ4v) is 4.94. The highest BCUT2D eigenvalue weighted by atomic mass is 32.2. The molecule has 0 atom stereocenters. The summed E-state index contributed by atoms with van der Waals surface area (Å²) in [5.41, 5.74) is 0.0550. The van der Waals surface area contributed by atoms with Crippen molar-refractivity contribution in [1.82, 2.24) is 9.29 Å². The molecule has 1 aromatic heterocycles. The molecule has 1 saturated heterocycles. The van der Waals surface area contributed by atoms with Crippen molar-refractivity contribution in [2.24, 2.45) is 0 Å². The number of carboxylic acids is 1. The van der Waals surface area contributed by atoms with Crippen LogP contribution < -0.4 is 4.90 Å². The van der Waals surface area contributed by atoms with Crippen molar-refractivity contribution in [3.8, 4) is 0 Å². The van der Waals surface area contributed by atoms with E-state index in [1.54, 1.807) is 24.0 Å². The third-order valence-electron chi connectivity index (χ3n) is 4.86. The van der Waals surface area contributed by atoms with Gasteiger partial charge in [0, 0.05) is 32.4 Å². The first kappa shape index (κ1) is 22.0. The first-order chi connectivity index (χ1) is 14.0. The van der Waals surface area contributed by atoms with Gasteiger partial charge < -0.3 is 10.0 Å². The molecule has 0 radical (unpaired) electrons. The van der Waals surface area contributed by atoms with E-state index in [1.807, 2.05) is 0 Å². The van der Waals surface area contributed by atoms with Gasteiger partial charge >= 0.3 is 12.1 Å². The van der Waals surface area contributed by atoms with Crippen LogP contribution >= 0.6 is 0 Å². The Morgan fingerprint density at radius 1 is 1.13 bits per heavy atom. The first-order valence-electron chi connectivity index (χ1n) is 9.08. The average molecular weight is 443 g/mol. The van der Waals surface area contributed by atoms with Crippen LogP contribution in [0.5, 0.6) is 0 Å². The monoisotopic (exact) mass is 443 g/mol. The molecule has 162 valence electrons. The van der Waals surface area contributed by atoms with Crippen molar-refractivity contribution in [2.45, 2.75) is 24.4 Å². The summed E-state index contributed by atoms with van der Waals surface area (Å²) in [6, 6.07) is 6.75. The van der Waals surface area contributed by atoms with Crippen LogP contribution in [0.15, 0.2) is 41.4 Å². The molecule has 0 spiro atoms. The Hall–Kier alpha value is -2.66. The Bertz CT molecular complexity index is 1030. The smallest absolute Gasteiger partial charge is 0.417 e. The quantitative estimate of drug-likeness (QED) is 0.764. The van der Waals surface area contributed by atoms with Gasteiger partial charge in [0.25, 0.3) is 0 Å². The molecule has 0 unspecified atom stereocenters. The van der Waals surface area contributed by atoms with Gasteiger partial charge in [-0.2, -0.15) is 17.5 Å². The maximum Gasteiger partial charge on any atom is 0.417 e. The second kappa shape index (κ2) is 8.23. The van der Waals surface area contributed by atoms with E-state index in [0.29, 0.717) is 16.9 Å². The molecule has 3 rings (SSSR count). The van der Waals surface area contributed by atoms with Crippen molar-refractivity contribution in [1.29, 1.82) is 0 Å². The zero-order valence-electron chi connectivity index (χ0n) is 16.1. The molecule has 30 heavy (non-hydrogen) atoms. The molecule has 0 amide bonds. The van der Waals surface area contributed by atoms with Crippen molar-refractivity contribution in [3.63, 3.8) is 0 Å². The number of aryl methyl sites for hydroxylation is 1. The molecule has 1 aliphatic rings. The van der Waals surface area contributed by atoms with Gasteiger partial charge in [-0.1, -0.05) is 12.1 Å². The fourth-order valence-electron chi connectivity index (χ4n) is 3.24. The van der Waals surface area contributed by atoms with Gasteiger partial charge in [0.15, 0.2) is 0 Å². The number of aromatic nitrogens is 1.